The molecule has 0 radical (unpaired) electrons. The number of aromatic amines is 1. The Balaban J connectivity index is 1.41. The van der Waals surface area contributed by atoms with Crippen LogP contribution in [0.15, 0.2) is 35.1 Å². The van der Waals surface area contributed by atoms with Crippen molar-refractivity contribution in [3.05, 3.63) is 65.1 Å². The molecule has 4 aromatic heterocycles. The number of hydrogen-bond donors (Lipinski definition) is 1. The molecule has 1 fully saturated rings. The lowest BCUT2D eigenvalue weighted by Crippen LogP contribution is -2.41. The number of aromatic nitrogens is 6. The molecule has 12 heteroatoms. The summed E-state index contributed by atoms with van der Waals surface area (Å²) in [6.07, 6.45) is 0.423. The van der Waals surface area contributed by atoms with E-state index < -0.39 is 23.7 Å². The number of H-pyrrole nitrogens is 1. The van der Waals surface area contributed by atoms with Gasteiger partial charge in [-0.25, -0.2) is 9.50 Å². The predicted molar refractivity (Wildman–Crippen MR) is 102 cm³/mol. The molecule has 32 heavy (non-hydrogen) atoms. The van der Waals surface area contributed by atoms with Crippen molar-refractivity contribution in [3.8, 4) is 0 Å². The first kappa shape index (κ1) is 19.0. The molecule has 1 N–H and O–H groups in total. The first-order valence-corrected chi connectivity index (χ1v) is 10.1. The Morgan fingerprint density at radius 2 is 2.06 bits per heavy atom. The average molecular weight is 443 g/mol. The lowest BCUT2D eigenvalue weighted by Gasteiger charge is -2.32. The number of nitrogens with zero attached hydrogens (tertiary/aromatic N) is 6. The number of hydrogen-bond acceptors (Lipinski definition) is 6. The van der Waals surface area contributed by atoms with Crippen molar-refractivity contribution in [2.45, 2.75) is 37.4 Å². The lowest BCUT2D eigenvalue weighted by molar-refractivity contribution is -0.137. The molecule has 1 saturated carbocycles. The van der Waals surface area contributed by atoms with Crippen LogP contribution in [0.1, 0.15) is 64.0 Å². The van der Waals surface area contributed by atoms with Gasteiger partial charge in [0.2, 0.25) is 5.89 Å². The smallest absolute Gasteiger partial charge is 0.417 e. The van der Waals surface area contributed by atoms with Crippen molar-refractivity contribution >= 4 is 11.4 Å². The summed E-state index contributed by atoms with van der Waals surface area (Å²) in [6, 6.07) is 3.29. The predicted octanol–water partition coefficient (Wildman–Crippen LogP) is 3.12. The van der Waals surface area contributed by atoms with Crippen molar-refractivity contribution in [2.24, 2.45) is 0 Å². The van der Waals surface area contributed by atoms with E-state index in [0.717, 1.165) is 30.8 Å². The van der Waals surface area contributed by atoms with Gasteiger partial charge in [-0.05, 0) is 31.0 Å². The Kier molecular flexibility index (Phi) is 3.95. The van der Waals surface area contributed by atoms with Crippen LogP contribution in [0.25, 0.3) is 5.52 Å². The van der Waals surface area contributed by atoms with Crippen LogP contribution in [0, 0.1) is 0 Å². The molecule has 2 aliphatic rings. The van der Waals surface area contributed by atoms with Crippen LogP contribution in [-0.2, 0) is 12.6 Å². The van der Waals surface area contributed by atoms with Gasteiger partial charge < -0.3 is 14.3 Å². The van der Waals surface area contributed by atoms with Gasteiger partial charge in [0.05, 0.1) is 28.8 Å². The highest BCUT2D eigenvalue weighted by molar-refractivity contribution is 5.90. The van der Waals surface area contributed by atoms with Gasteiger partial charge in [-0.3, -0.25) is 4.79 Å². The van der Waals surface area contributed by atoms with Crippen molar-refractivity contribution in [1.29, 1.82) is 0 Å². The Labute approximate surface area is 178 Å². The monoisotopic (exact) mass is 443 g/mol. The van der Waals surface area contributed by atoms with E-state index >= 15 is 0 Å². The number of nitrogens with one attached hydrogen (secondary N) is 1. The average Bonchev–Trinajstić information content (AvgIpc) is 3.18. The van der Waals surface area contributed by atoms with E-state index in [1.54, 1.807) is 6.07 Å². The van der Waals surface area contributed by atoms with E-state index in [1.165, 1.54) is 21.8 Å². The number of alkyl halides is 3. The molecule has 6 rings (SSSR count). The van der Waals surface area contributed by atoms with E-state index in [4.69, 9.17) is 4.42 Å². The molecule has 0 saturated heterocycles. The third-order valence-corrected chi connectivity index (χ3v) is 5.82. The fourth-order valence-corrected chi connectivity index (χ4v) is 4.04. The van der Waals surface area contributed by atoms with Crippen LogP contribution in [-0.4, -0.2) is 47.1 Å². The van der Waals surface area contributed by atoms with Gasteiger partial charge >= 0.3 is 18.0 Å². The van der Waals surface area contributed by atoms with Crippen LogP contribution in [0.5, 0.6) is 0 Å². The molecule has 1 aliphatic heterocycles. The molecule has 5 heterocycles. The molecule has 1 amide bonds. The molecular formula is C20H16F3N7O2. The van der Waals surface area contributed by atoms with E-state index in [-0.39, 0.29) is 11.8 Å². The number of carbonyl (C=O) groups excluding carboxylic acids is 1. The SMILES string of the molecule is O=C(c1nnc(C2CC2)o1)N1CCc2[nH]cnc2C1c1cc2ccc(C(F)(F)F)cn2n1. The third-order valence-electron chi connectivity index (χ3n) is 5.82. The highest BCUT2D eigenvalue weighted by atomic mass is 19.4. The summed E-state index contributed by atoms with van der Waals surface area (Å²) in [5, 5.41) is 12.3. The van der Waals surface area contributed by atoms with E-state index in [2.05, 4.69) is 25.3 Å². The number of imidazole rings is 1. The number of pyridine rings is 1. The van der Waals surface area contributed by atoms with Gasteiger partial charge in [-0.15, -0.1) is 10.2 Å². The minimum atomic E-state index is -4.49. The number of rotatable bonds is 3. The molecule has 9 nitrogen and oxygen atoms in total. The normalized spacial score (nSPS) is 18.8. The van der Waals surface area contributed by atoms with Gasteiger partial charge in [-0.2, -0.15) is 18.3 Å². The van der Waals surface area contributed by atoms with Gasteiger partial charge in [0, 0.05) is 30.8 Å². The van der Waals surface area contributed by atoms with E-state index in [1.807, 2.05) is 0 Å². The maximum atomic E-state index is 13.3. The maximum Gasteiger partial charge on any atom is 0.417 e. The minimum Gasteiger partial charge on any atom is -0.417 e. The van der Waals surface area contributed by atoms with Crippen LogP contribution in [0.3, 0.4) is 0 Å². The van der Waals surface area contributed by atoms with E-state index in [9.17, 15) is 18.0 Å². The summed E-state index contributed by atoms with van der Waals surface area (Å²) in [5.41, 5.74) is 1.49. The topological polar surface area (TPSA) is 105 Å². The Hall–Kier alpha value is -3.70. The van der Waals surface area contributed by atoms with Crippen molar-refractivity contribution in [1.82, 2.24) is 34.7 Å². The van der Waals surface area contributed by atoms with Gasteiger partial charge in [0.15, 0.2) is 0 Å². The Bertz CT molecular complexity index is 1330. The zero-order chi connectivity index (χ0) is 22.0. The quantitative estimate of drug-likeness (QED) is 0.522. The summed E-state index contributed by atoms with van der Waals surface area (Å²) >= 11 is 0. The van der Waals surface area contributed by atoms with Gasteiger partial charge in [0.25, 0.3) is 0 Å². The summed E-state index contributed by atoms with van der Waals surface area (Å²) in [4.78, 5) is 22.2. The van der Waals surface area contributed by atoms with Crippen LogP contribution < -0.4 is 0 Å². The molecule has 0 spiro atoms. The molecule has 164 valence electrons. The number of amides is 1. The van der Waals surface area contributed by atoms with Gasteiger partial charge in [0.1, 0.15) is 6.04 Å². The molecule has 1 atom stereocenters. The second-order valence-corrected chi connectivity index (χ2v) is 7.99. The fraction of sp³-hybridized carbons (Fsp3) is 0.350. The number of carbonyl (C=O) groups is 1. The minimum absolute atomic E-state index is 0.112. The largest absolute Gasteiger partial charge is 0.417 e. The number of halogens is 3. The second kappa shape index (κ2) is 6.65. The second-order valence-electron chi connectivity index (χ2n) is 7.99. The maximum absolute atomic E-state index is 13.3. The third kappa shape index (κ3) is 3.05. The van der Waals surface area contributed by atoms with Crippen molar-refractivity contribution < 1.29 is 22.4 Å². The van der Waals surface area contributed by atoms with Crippen molar-refractivity contribution in [3.63, 3.8) is 0 Å². The van der Waals surface area contributed by atoms with E-state index in [0.29, 0.717) is 35.8 Å². The molecule has 1 unspecified atom stereocenters. The molecular weight excluding hydrogens is 427 g/mol. The van der Waals surface area contributed by atoms with Crippen LogP contribution in [0.2, 0.25) is 0 Å². The highest BCUT2D eigenvalue weighted by Crippen LogP contribution is 2.40. The van der Waals surface area contributed by atoms with Crippen LogP contribution >= 0.6 is 0 Å². The summed E-state index contributed by atoms with van der Waals surface area (Å²) < 4.78 is 46.1. The lowest BCUT2D eigenvalue weighted by atomic mass is 9.99. The highest BCUT2D eigenvalue weighted by Gasteiger charge is 2.39. The zero-order valence-electron chi connectivity index (χ0n) is 16.5. The summed E-state index contributed by atoms with van der Waals surface area (Å²) in [7, 11) is 0. The molecule has 4 aromatic rings. The first-order valence-electron chi connectivity index (χ1n) is 10.1. The number of fused-ring (bicyclic) bond motifs is 2. The summed E-state index contributed by atoms with van der Waals surface area (Å²) in [6.45, 7) is 0.335. The van der Waals surface area contributed by atoms with Gasteiger partial charge in [-0.1, -0.05) is 0 Å². The molecule has 1 aliphatic carbocycles. The first-order chi connectivity index (χ1) is 15.4. The summed E-state index contributed by atoms with van der Waals surface area (Å²) in [5.74, 6) is 0.0882. The molecule has 0 aromatic carbocycles. The standard InChI is InChI=1S/C20H16F3N7O2/c21-20(22,23)11-3-4-12-7-14(28-30(12)8-11)16-15-13(24-9-25-15)5-6-29(16)19(31)18-27-26-17(32-18)10-1-2-10/h3-4,7-10,16H,1-2,5-6H2,(H,24,25). The zero-order valence-corrected chi connectivity index (χ0v) is 16.5. The fourth-order valence-electron chi connectivity index (χ4n) is 4.04. The van der Waals surface area contributed by atoms with Crippen molar-refractivity contribution in [2.75, 3.05) is 6.54 Å². The molecule has 0 bridgehead atoms. The van der Waals surface area contributed by atoms with Crippen LogP contribution in [0.4, 0.5) is 13.2 Å². The Morgan fingerprint density at radius 3 is 2.84 bits per heavy atom. The Morgan fingerprint density at radius 1 is 1.22 bits per heavy atom.